The normalized spacial score (nSPS) is 45.4. The van der Waals surface area contributed by atoms with Crippen LogP contribution in [0.3, 0.4) is 0 Å². The predicted molar refractivity (Wildman–Crippen MR) is 97.3 cm³/mol. The smallest absolute Gasteiger partial charge is 0.306 e. The molecule has 0 aromatic heterocycles. The third-order valence-electron chi connectivity index (χ3n) is 8.32. The van der Waals surface area contributed by atoms with Gasteiger partial charge in [0.1, 0.15) is 5.78 Å². The Kier molecular flexibility index (Phi) is 3.84. The lowest BCUT2D eigenvalue weighted by molar-refractivity contribution is -0.151. The second-order valence-electron chi connectivity index (χ2n) is 9.43. The molecule has 0 aliphatic heterocycles. The van der Waals surface area contributed by atoms with Crippen LogP contribution in [0.1, 0.15) is 52.9 Å². The Labute approximate surface area is 154 Å². The van der Waals surface area contributed by atoms with E-state index in [1.807, 2.05) is 6.08 Å². The average molecular weight is 356 g/mol. The Hall–Kier alpha value is -1.71. The zero-order chi connectivity index (χ0) is 18.9. The van der Waals surface area contributed by atoms with Gasteiger partial charge in [-0.1, -0.05) is 32.4 Å². The molecule has 0 bridgehead atoms. The van der Waals surface area contributed by atoms with E-state index in [-0.39, 0.29) is 34.2 Å². The summed E-state index contributed by atoms with van der Waals surface area (Å²) >= 11 is 0. The van der Waals surface area contributed by atoms with E-state index < -0.39 is 11.9 Å². The summed E-state index contributed by atoms with van der Waals surface area (Å²) in [7, 11) is 0. The number of hydrogen-bond acceptors (Lipinski definition) is 3. The van der Waals surface area contributed by atoms with Crippen LogP contribution in [0.25, 0.3) is 0 Å². The standard InChI is InChI=1S/C22H28O4/c1-12(20(25)26)16-6-7-17-15-5-4-13-10-14(23)8-9-21(13,2)19(15)18(24)11-22(16,17)3/h8-10,12,15-17,19H,4-7,11H2,1-3H3,(H,25,26)/t12?,15-,16+,17-,19+,21-,22+/m0/s1. The van der Waals surface area contributed by atoms with E-state index >= 15 is 0 Å². The van der Waals surface area contributed by atoms with E-state index in [1.165, 1.54) is 0 Å². The first kappa shape index (κ1) is 17.7. The van der Waals surface area contributed by atoms with Crippen molar-refractivity contribution < 1.29 is 19.5 Å². The highest BCUT2D eigenvalue weighted by molar-refractivity contribution is 6.01. The molecule has 4 heteroatoms. The molecule has 0 spiro atoms. The van der Waals surface area contributed by atoms with Crippen molar-refractivity contribution in [3.8, 4) is 0 Å². The molecule has 3 saturated carbocycles. The summed E-state index contributed by atoms with van der Waals surface area (Å²) in [6.45, 7) is 6.08. The minimum absolute atomic E-state index is 0.0280. The number of carbonyl (C=O) groups excluding carboxylic acids is 2. The summed E-state index contributed by atoms with van der Waals surface area (Å²) < 4.78 is 0. The number of allylic oxidation sites excluding steroid dienone is 4. The van der Waals surface area contributed by atoms with Gasteiger partial charge in [0.05, 0.1) is 5.92 Å². The summed E-state index contributed by atoms with van der Waals surface area (Å²) in [6, 6.07) is 0. The van der Waals surface area contributed by atoms with Crippen molar-refractivity contribution in [3.63, 3.8) is 0 Å². The highest BCUT2D eigenvalue weighted by Crippen LogP contribution is 2.65. The van der Waals surface area contributed by atoms with E-state index in [9.17, 15) is 19.5 Å². The maximum Gasteiger partial charge on any atom is 0.306 e. The quantitative estimate of drug-likeness (QED) is 0.817. The van der Waals surface area contributed by atoms with Gasteiger partial charge in [0.15, 0.2) is 5.78 Å². The third kappa shape index (κ3) is 2.23. The van der Waals surface area contributed by atoms with Crippen molar-refractivity contribution in [2.75, 3.05) is 0 Å². The minimum atomic E-state index is -0.749. The van der Waals surface area contributed by atoms with E-state index in [0.29, 0.717) is 18.3 Å². The zero-order valence-corrected chi connectivity index (χ0v) is 15.8. The Morgan fingerprint density at radius 1 is 1.23 bits per heavy atom. The van der Waals surface area contributed by atoms with Crippen LogP contribution in [0, 0.1) is 40.4 Å². The van der Waals surface area contributed by atoms with Gasteiger partial charge in [0, 0.05) is 17.8 Å². The number of ketones is 2. The molecular weight excluding hydrogens is 328 g/mol. The number of carboxylic acids is 1. The fraction of sp³-hybridized carbons (Fsp3) is 0.682. The summed E-state index contributed by atoms with van der Waals surface area (Å²) in [5.41, 5.74) is 0.560. The van der Waals surface area contributed by atoms with Crippen molar-refractivity contribution in [1.29, 1.82) is 0 Å². The molecule has 4 aliphatic carbocycles. The first-order chi connectivity index (χ1) is 12.2. The molecule has 0 heterocycles. The molecule has 7 atom stereocenters. The lowest BCUT2D eigenvalue weighted by atomic mass is 9.47. The molecule has 4 rings (SSSR count). The Balaban J connectivity index is 1.71. The molecule has 0 radical (unpaired) electrons. The minimum Gasteiger partial charge on any atom is -0.481 e. The molecule has 140 valence electrons. The number of rotatable bonds is 2. The average Bonchev–Trinajstić information content (AvgIpc) is 2.90. The molecule has 0 aromatic carbocycles. The van der Waals surface area contributed by atoms with Crippen LogP contribution in [-0.2, 0) is 14.4 Å². The van der Waals surface area contributed by atoms with Gasteiger partial charge in [0.25, 0.3) is 0 Å². The fourth-order valence-corrected chi connectivity index (χ4v) is 7.06. The Bertz CT molecular complexity index is 747. The number of fused-ring (bicyclic) bond motifs is 5. The summed E-state index contributed by atoms with van der Waals surface area (Å²) in [4.78, 5) is 36.8. The maximum absolute atomic E-state index is 13.4. The van der Waals surface area contributed by atoms with Crippen molar-refractivity contribution in [2.24, 2.45) is 40.4 Å². The van der Waals surface area contributed by atoms with Crippen LogP contribution in [0.4, 0.5) is 0 Å². The van der Waals surface area contributed by atoms with Gasteiger partial charge in [-0.3, -0.25) is 14.4 Å². The van der Waals surface area contributed by atoms with Gasteiger partial charge in [-0.05, 0) is 61.0 Å². The second kappa shape index (κ2) is 5.64. The number of aliphatic carboxylic acids is 1. The molecule has 26 heavy (non-hydrogen) atoms. The maximum atomic E-state index is 13.4. The monoisotopic (exact) mass is 356 g/mol. The first-order valence-corrected chi connectivity index (χ1v) is 9.88. The first-order valence-electron chi connectivity index (χ1n) is 9.88. The summed E-state index contributed by atoms with van der Waals surface area (Å²) in [5, 5.41) is 9.53. The highest BCUT2D eigenvalue weighted by Gasteiger charge is 2.62. The molecule has 1 unspecified atom stereocenters. The zero-order valence-electron chi connectivity index (χ0n) is 15.8. The molecular formula is C22H28O4. The molecule has 1 N–H and O–H groups in total. The van der Waals surface area contributed by atoms with Crippen LogP contribution in [0.5, 0.6) is 0 Å². The Morgan fingerprint density at radius 2 is 1.96 bits per heavy atom. The number of carbonyl (C=O) groups is 3. The van der Waals surface area contributed by atoms with Gasteiger partial charge in [-0.2, -0.15) is 0 Å². The van der Waals surface area contributed by atoms with E-state index in [1.54, 1.807) is 19.1 Å². The number of carboxylic acid groups (broad SMARTS) is 1. The number of hydrogen-bond donors (Lipinski definition) is 1. The van der Waals surface area contributed by atoms with Gasteiger partial charge < -0.3 is 5.11 Å². The van der Waals surface area contributed by atoms with Gasteiger partial charge >= 0.3 is 5.97 Å². The molecule has 4 nitrogen and oxygen atoms in total. The van der Waals surface area contributed by atoms with Gasteiger partial charge in [0.2, 0.25) is 0 Å². The largest absolute Gasteiger partial charge is 0.481 e. The Morgan fingerprint density at radius 3 is 2.65 bits per heavy atom. The van der Waals surface area contributed by atoms with Crippen molar-refractivity contribution in [3.05, 3.63) is 23.8 Å². The topological polar surface area (TPSA) is 71.4 Å². The predicted octanol–water partition coefficient (Wildman–Crippen LogP) is 3.81. The molecule has 3 fully saturated rings. The van der Waals surface area contributed by atoms with Crippen LogP contribution in [0.2, 0.25) is 0 Å². The molecule has 0 saturated heterocycles. The fourth-order valence-electron chi connectivity index (χ4n) is 7.06. The lowest BCUT2D eigenvalue weighted by Gasteiger charge is -2.56. The third-order valence-corrected chi connectivity index (χ3v) is 8.32. The molecule has 4 aliphatic rings. The highest BCUT2D eigenvalue weighted by atomic mass is 16.4. The van der Waals surface area contributed by atoms with Crippen LogP contribution in [0.15, 0.2) is 23.8 Å². The molecule has 0 aromatic rings. The van der Waals surface area contributed by atoms with Gasteiger partial charge in [-0.15, -0.1) is 0 Å². The summed E-state index contributed by atoms with van der Waals surface area (Å²) in [5.74, 6) is -0.150. The van der Waals surface area contributed by atoms with E-state index in [0.717, 1.165) is 31.3 Å². The number of Topliss-reactive ketones (excluding diaryl/α,β-unsaturated/α-hetero) is 1. The second-order valence-corrected chi connectivity index (χ2v) is 9.43. The van der Waals surface area contributed by atoms with E-state index in [2.05, 4.69) is 13.8 Å². The lowest BCUT2D eigenvalue weighted by Crippen LogP contribution is -2.54. The van der Waals surface area contributed by atoms with Crippen LogP contribution >= 0.6 is 0 Å². The van der Waals surface area contributed by atoms with Crippen molar-refractivity contribution >= 4 is 17.5 Å². The molecule has 0 amide bonds. The van der Waals surface area contributed by atoms with Crippen molar-refractivity contribution in [2.45, 2.75) is 52.9 Å². The van der Waals surface area contributed by atoms with Crippen LogP contribution < -0.4 is 0 Å². The van der Waals surface area contributed by atoms with Gasteiger partial charge in [-0.25, -0.2) is 0 Å². The van der Waals surface area contributed by atoms with Crippen molar-refractivity contribution in [1.82, 2.24) is 0 Å². The van der Waals surface area contributed by atoms with Crippen LogP contribution in [-0.4, -0.2) is 22.6 Å². The summed E-state index contributed by atoms with van der Waals surface area (Å²) in [6.07, 6.45) is 9.53. The SMILES string of the molecule is CC(C(=O)O)[C@H]1CC[C@H]2[C@@H]3CCC4=CC(=O)C=C[C@]4(C)[C@H]3C(=O)C[C@]12C. The van der Waals surface area contributed by atoms with E-state index in [4.69, 9.17) is 0 Å².